The summed E-state index contributed by atoms with van der Waals surface area (Å²) in [4.78, 5) is 10.8. The molecule has 0 aliphatic carbocycles. The molecule has 0 spiro atoms. The SMILES string of the molecule is c1ccc(-c2ccc(-c3nc(-n4c5ccc(-c6ccc7c(c6)c6cc(-c8ccc9sc%10ccccc%10c9c8)cc8c9ccccc9n7c86)cc5c5c6ccccc6ccc54)nc4ccccc34)cc2)cc1. The summed E-state index contributed by atoms with van der Waals surface area (Å²) >= 11 is 1.87. The van der Waals surface area contributed by atoms with Crippen LogP contribution in [0.5, 0.6) is 0 Å². The standard InChI is InChI=1S/C66H38N4S/c1-2-12-39(13-3-1)40-22-24-42(25-23-40)64-50-18-6-9-19-56(50)67-66(68-64)70-59-31-28-44(36-55(59)63-47-15-5-4-14-41(47)26-32-60(63)70)43-27-30-58-51(34-43)54-38-46(37-53-48-16-7-10-20-57(48)69(58)65(53)54)45-29-33-62-52(35-45)49-17-8-11-21-61(49)71-62/h1-38H. The molecule has 0 N–H and O–H groups in total. The van der Waals surface area contributed by atoms with Gasteiger partial charge in [-0.2, -0.15) is 0 Å². The van der Waals surface area contributed by atoms with Crippen molar-refractivity contribution < 1.29 is 0 Å². The molecule has 11 aromatic carbocycles. The number of rotatable bonds is 5. The lowest BCUT2D eigenvalue weighted by atomic mass is 9.96. The van der Waals surface area contributed by atoms with Crippen molar-refractivity contribution in [3.05, 3.63) is 231 Å². The van der Waals surface area contributed by atoms with Crippen LogP contribution in [0.4, 0.5) is 0 Å². The van der Waals surface area contributed by atoms with Crippen molar-refractivity contribution >= 4 is 113 Å². The van der Waals surface area contributed by atoms with Crippen molar-refractivity contribution in [3.63, 3.8) is 0 Å². The van der Waals surface area contributed by atoms with E-state index in [1.54, 1.807) is 0 Å². The molecule has 5 aromatic heterocycles. The number of nitrogens with zero attached hydrogens (tertiary/aromatic N) is 4. The van der Waals surface area contributed by atoms with E-state index in [-0.39, 0.29) is 0 Å². The lowest BCUT2D eigenvalue weighted by Crippen LogP contribution is -2.03. The van der Waals surface area contributed by atoms with E-state index < -0.39 is 0 Å². The van der Waals surface area contributed by atoms with Crippen LogP contribution in [-0.2, 0) is 0 Å². The third-order valence-corrected chi connectivity index (χ3v) is 16.2. The molecule has 0 unspecified atom stereocenters. The molecule has 0 radical (unpaired) electrons. The second-order valence-electron chi connectivity index (χ2n) is 18.9. The molecule has 0 saturated heterocycles. The highest BCUT2D eigenvalue weighted by molar-refractivity contribution is 7.25. The molecule has 0 aliphatic rings. The van der Waals surface area contributed by atoms with Gasteiger partial charge in [0.25, 0.3) is 0 Å². The van der Waals surface area contributed by atoms with Crippen LogP contribution in [0.15, 0.2) is 231 Å². The maximum Gasteiger partial charge on any atom is 0.235 e. The largest absolute Gasteiger partial charge is 0.308 e. The molecule has 5 heterocycles. The van der Waals surface area contributed by atoms with E-state index in [9.17, 15) is 0 Å². The quantitative estimate of drug-likeness (QED) is 0.172. The zero-order chi connectivity index (χ0) is 46.3. The Morgan fingerprint density at radius 2 is 0.873 bits per heavy atom. The number of benzene rings is 11. The van der Waals surface area contributed by atoms with Crippen molar-refractivity contribution in [2.45, 2.75) is 0 Å². The third-order valence-electron chi connectivity index (χ3n) is 15.1. The summed E-state index contributed by atoms with van der Waals surface area (Å²) in [6, 6.07) is 84.4. The number of thiophene rings is 1. The Balaban J connectivity index is 0.897. The molecule has 4 nitrogen and oxygen atoms in total. The van der Waals surface area contributed by atoms with Gasteiger partial charge in [-0.15, -0.1) is 11.3 Å². The minimum Gasteiger partial charge on any atom is -0.308 e. The Hall–Kier alpha value is -9.16. The average molecular weight is 919 g/mol. The van der Waals surface area contributed by atoms with Crippen LogP contribution < -0.4 is 0 Å². The first kappa shape index (κ1) is 38.8. The van der Waals surface area contributed by atoms with Crippen molar-refractivity contribution in [2.24, 2.45) is 0 Å². The van der Waals surface area contributed by atoms with Gasteiger partial charge in [-0.25, -0.2) is 9.97 Å². The minimum absolute atomic E-state index is 0.649. The Morgan fingerprint density at radius 3 is 1.73 bits per heavy atom. The molecule has 71 heavy (non-hydrogen) atoms. The van der Waals surface area contributed by atoms with Crippen LogP contribution in [-0.4, -0.2) is 18.9 Å². The number of para-hydroxylation sites is 2. The molecule has 0 amide bonds. The molecule has 0 fully saturated rings. The Bertz CT molecular complexity index is 4870. The average Bonchev–Trinajstić information content (AvgIpc) is 4.18. The number of fused-ring (bicyclic) bond motifs is 15. The lowest BCUT2D eigenvalue weighted by Gasteiger charge is -2.12. The molecular formula is C66H38N4S. The van der Waals surface area contributed by atoms with Crippen molar-refractivity contribution in [2.75, 3.05) is 0 Å². The predicted molar refractivity (Wildman–Crippen MR) is 301 cm³/mol. The maximum atomic E-state index is 5.48. The van der Waals surface area contributed by atoms with Gasteiger partial charge in [-0.05, 0) is 117 Å². The van der Waals surface area contributed by atoms with Gasteiger partial charge in [0.05, 0.1) is 38.8 Å². The van der Waals surface area contributed by atoms with Crippen LogP contribution in [0.3, 0.4) is 0 Å². The summed E-state index contributed by atoms with van der Waals surface area (Å²) in [7, 11) is 0. The third kappa shape index (κ3) is 5.66. The normalized spacial score (nSPS) is 12.2. The zero-order valence-electron chi connectivity index (χ0n) is 38.1. The number of hydrogen-bond donors (Lipinski definition) is 0. The highest BCUT2D eigenvalue weighted by atomic mass is 32.1. The monoisotopic (exact) mass is 918 g/mol. The first-order chi connectivity index (χ1) is 35.2. The van der Waals surface area contributed by atoms with E-state index in [0.717, 1.165) is 38.8 Å². The zero-order valence-corrected chi connectivity index (χ0v) is 39.0. The number of aromatic nitrogens is 4. The topological polar surface area (TPSA) is 35.1 Å². The fraction of sp³-hybridized carbons (Fsp3) is 0. The Kier molecular flexibility index (Phi) is 8.01. The van der Waals surface area contributed by atoms with Crippen molar-refractivity contribution in [3.8, 4) is 50.6 Å². The predicted octanol–water partition coefficient (Wildman–Crippen LogP) is 18.1. The first-order valence-electron chi connectivity index (χ1n) is 24.2. The van der Waals surface area contributed by atoms with Gasteiger partial charge < -0.3 is 4.40 Å². The Morgan fingerprint density at radius 1 is 0.310 bits per heavy atom. The second-order valence-corrected chi connectivity index (χ2v) is 20.0. The highest BCUT2D eigenvalue weighted by Gasteiger charge is 2.22. The van der Waals surface area contributed by atoms with E-state index >= 15 is 0 Å². The molecule has 16 rings (SSSR count). The molecule has 0 saturated carbocycles. The lowest BCUT2D eigenvalue weighted by molar-refractivity contribution is 1.01. The van der Waals surface area contributed by atoms with Gasteiger partial charge in [0.2, 0.25) is 5.95 Å². The van der Waals surface area contributed by atoms with Gasteiger partial charge in [0, 0.05) is 63.4 Å². The van der Waals surface area contributed by atoms with Crippen LogP contribution >= 0.6 is 11.3 Å². The number of hydrogen-bond acceptors (Lipinski definition) is 3. The first-order valence-corrected chi connectivity index (χ1v) is 25.0. The summed E-state index contributed by atoms with van der Waals surface area (Å²) < 4.78 is 7.40. The van der Waals surface area contributed by atoms with Gasteiger partial charge in [-0.1, -0.05) is 158 Å². The van der Waals surface area contributed by atoms with Crippen molar-refractivity contribution in [1.82, 2.24) is 18.9 Å². The van der Waals surface area contributed by atoms with Crippen LogP contribution in [0.1, 0.15) is 0 Å². The van der Waals surface area contributed by atoms with Gasteiger partial charge >= 0.3 is 0 Å². The van der Waals surface area contributed by atoms with E-state index in [1.165, 1.54) is 108 Å². The van der Waals surface area contributed by atoms with Crippen molar-refractivity contribution in [1.29, 1.82) is 0 Å². The van der Waals surface area contributed by atoms with Crippen LogP contribution in [0.2, 0.25) is 0 Å². The maximum absolute atomic E-state index is 5.48. The van der Waals surface area contributed by atoms with E-state index in [2.05, 4.69) is 239 Å². The summed E-state index contributed by atoms with van der Waals surface area (Å²) in [5.74, 6) is 0.649. The highest BCUT2D eigenvalue weighted by Crippen LogP contribution is 2.45. The van der Waals surface area contributed by atoms with E-state index in [1.807, 2.05) is 11.3 Å². The van der Waals surface area contributed by atoms with Crippen LogP contribution in [0, 0.1) is 0 Å². The van der Waals surface area contributed by atoms with E-state index in [0.29, 0.717) is 5.95 Å². The molecule has 0 bridgehead atoms. The Labute approximate surface area is 410 Å². The fourth-order valence-electron chi connectivity index (χ4n) is 11.8. The summed E-state index contributed by atoms with van der Waals surface area (Å²) in [6.07, 6.45) is 0. The molecule has 0 aliphatic heterocycles. The van der Waals surface area contributed by atoms with E-state index in [4.69, 9.17) is 9.97 Å². The van der Waals surface area contributed by atoms with Crippen LogP contribution in [0.25, 0.3) is 152 Å². The smallest absolute Gasteiger partial charge is 0.235 e. The minimum atomic E-state index is 0.649. The van der Waals surface area contributed by atoms with Gasteiger partial charge in [-0.3, -0.25) is 4.57 Å². The molecule has 16 aromatic rings. The van der Waals surface area contributed by atoms with Gasteiger partial charge in [0.1, 0.15) is 0 Å². The molecule has 5 heteroatoms. The molecular weight excluding hydrogens is 881 g/mol. The second kappa shape index (κ2) is 14.7. The van der Waals surface area contributed by atoms with Gasteiger partial charge in [0.15, 0.2) is 0 Å². The molecule has 328 valence electrons. The summed E-state index contributed by atoms with van der Waals surface area (Å²) in [6.45, 7) is 0. The fourth-order valence-corrected chi connectivity index (χ4v) is 12.9. The molecule has 0 atom stereocenters. The summed E-state index contributed by atoms with van der Waals surface area (Å²) in [5, 5.41) is 13.5. The summed E-state index contributed by atoms with van der Waals surface area (Å²) in [5.41, 5.74) is 15.9.